The third-order valence-corrected chi connectivity index (χ3v) is 4.98. The fourth-order valence-corrected chi connectivity index (χ4v) is 3.65. The van der Waals surface area contributed by atoms with Crippen molar-refractivity contribution in [3.8, 4) is 0 Å². The molecule has 132 valence electrons. The van der Waals surface area contributed by atoms with Crippen LogP contribution in [-0.4, -0.2) is 47.4 Å². The number of nitrogens with one attached hydrogen (secondary N) is 1. The molecule has 2 saturated heterocycles. The maximum atomic E-state index is 12.7. The molecule has 0 unspecified atom stereocenters. The van der Waals surface area contributed by atoms with Gasteiger partial charge in [-0.1, -0.05) is 11.6 Å². The Morgan fingerprint density at radius 3 is 2.92 bits per heavy atom. The van der Waals surface area contributed by atoms with Gasteiger partial charge in [0.25, 0.3) is 0 Å². The van der Waals surface area contributed by atoms with E-state index in [-0.39, 0.29) is 23.5 Å². The summed E-state index contributed by atoms with van der Waals surface area (Å²) in [5, 5.41) is 11.6. The van der Waals surface area contributed by atoms with E-state index in [1.54, 1.807) is 6.07 Å². The fraction of sp³-hybridized carbons (Fsp3) is 0.706. The molecule has 1 N–H and O–H groups in total. The minimum Gasteiger partial charge on any atom is -0.375 e. The summed E-state index contributed by atoms with van der Waals surface area (Å²) >= 11 is 5.79. The second-order valence-corrected chi connectivity index (χ2v) is 7.69. The predicted molar refractivity (Wildman–Crippen MR) is 93.2 cm³/mol. The molecule has 0 spiro atoms. The largest absolute Gasteiger partial charge is 0.375 e. The molecule has 0 aliphatic carbocycles. The SMILES string of the molecule is CC1(C)C[C@@H](NC(=O)[C@@H]2CCCN(c3ccc(Cl)nn3)C2)CCO1. The van der Waals surface area contributed by atoms with Crippen molar-refractivity contribution in [2.24, 2.45) is 5.92 Å². The van der Waals surface area contributed by atoms with Crippen molar-refractivity contribution in [3.63, 3.8) is 0 Å². The summed E-state index contributed by atoms with van der Waals surface area (Å²) in [6.45, 7) is 6.42. The van der Waals surface area contributed by atoms with E-state index in [0.29, 0.717) is 18.3 Å². The zero-order chi connectivity index (χ0) is 17.2. The quantitative estimate of drug-likeness (QED) is 0.904. The summed E-state index contributed by atoms with van der Waals surface area (Å²) in [5.74, 6) is 0.913. The van der Waals surface area contributed by atoms with Crippen LogP contribution < -0.4 is 10.2 Å². The first-order valence-electron chi connectivity index (χ1n) is 8.61. The van der Waals surface area contributed by atoms with E-state index in [2.05, 4.69) is 34.3 Å². The maximum Gasteiger partial charge on any atom is 0.225 e. The molecule has 0 saturated carbocycles. The molecule has 6 nitrogen and oxygen atoms in total. The lowest BCUT2D eigenvalue weighted by molar-refractivity contribution is -0.128. The molecule has 0 radical (unpaired) electrons. The van der Waals surface area contributed by atoms with E-state index in [1.165, 1.54) is 0 Å². The van der Waals surface area contributed by atoms with Gasteiger partial charge in [-0.3, -0.25) is 4.79 Å². The van der Waals surface area contributed by atoms with Crippen molar-refractivity contribution in [1.82, 2.24) is 15.5 Å². The van der Waals surface area contributed by atoms with Gasteiger partial charge in [0.05, 0.1) is 11.5 Å². The minimum absolute atomic E-state index is 0.0119. The number of nitrogens with zero attached hydrogens (tertiary/aromatic N) is 3. The number of carbonyl (C=O) groups excluding carboxylic acids is 1. The number of halogens is 1. The first-order chi connectivity index (χ1) is 11.4. The molecule has 0 bridgehead atoms. The molecule has 7 heteroatoms. The van der Waals surface area contributed by atoms with E-state index < -0.39 is 0 Å². The maximum absolute atomic E-state index is 12.7. The highest BCUT2D eigenvalue weighted by Gasteiger charge is 2.32. The number of hydrogen-bond donors (Lipinski definition) is 1. The third kappa shape index (κ3) is 4.36. The number of rotatable bonds is 3. The van der Waals surface area contributed by atoms with E-state index >= 15 is 0 Å². The molecule has 3 heterocycles. The smallest absolute Gasteiger partial charge is 0.225 e. The molecule has 1 aromatic rings. The Balaban J connectivity index is 1.58. The number of amides is 1. The second kappa shape index (κ2) is 7.23. The van der Waals surface area contributed by atoms with Crippen LogP contribution in [0.4, 0.5) is 5.82 Å². The number of aromatic nitrogens is 2. The van der Waals surface area contributed by atoms with Gasteiger partial charge in [-0.2, -0.15) is 0 Å². The van der Waals surface area contributed by atoms with Gasteiger partial charge in [0, 0.05) is 25.7 Å². The van der Waals surface area contributed by atoms with Gasteiger partial charge in [-0.05, 0) is 51.7 Å². The van der Waals surface area contributed by atoms with E-state index in [4.69, 9.17) is 16.3 Å². The minimum atomic E-state index is -0.159. The Hall–Kier alpha value is -1.40. The summed E-state index contributed by atoms with van der Waals surface area (Å²) in [4.78, 5) is 14.8. The lowest BCUT2D eigenvalue weighted by atomic mass is 9.92. The Morgan fingerprint density at radius 2 is 2.21 bits per heavy atom. The number of anilines is 1. The van der Waals surface area contributed by atoms with Gasteiger partial charge in [0.1, 0.15) is 0 Å². The van der Waals surface area contributed by atoms with Crippen LogP contribution in [0.2, 0.25) is 5.15 Å². The van der Waals surface area contributed by atoms with Gasteiger partial charge < -0.3 is 15.0 Å². The van der Waals surface area contributed by atoms with Crippen LogP contribution in [0.15, 0.2) is 12.1 Å². The van der Waals surface area contributed by atoms with Crippen LogP contribution in [0.3, 0.4) is 0 Å². The van der Waals surface area contributed by atoms with Crippen molar-refractivity contribution < 1.29 is 9.53 Å². The Kier molecular flexibility index (Phi) is 5.25. The van der Waals surface area contributed by atoms with Crippen molar-refractivity contribution in [2.75, 3.05) is 24.6 Å². The fourth-order valence-electron chi connectivity index (χ4n) is 3.55. The second-order valence-electron chi connectivity index (χ2n) is 7.31. The first-order valence-corrected chi connectivity index (χ1v) is 8.99. The van der Waals surface area contributed by atoms with E-state index in [9.17, 15) is 4.79 Å². The van der Waals surface area contributed by atoms with Crippen LogP contribution in [0.1, 0.15) is 39.5 Å². The summed E-state index contributed by atoms with van der Waals surface area (Å²) in [6, 6.07) is 3.79. The molecular weight excluding hydrogens is 328 g/mol. The first kappa shape index (κ1) is 17.4. The molecule has 0 aromatic carbocycles. The average Bonchev–Trinajstić information content (AvgIpc) is 2.55. The number of ether oxygens (including phenoxy) is 1. The third-order valence-electron chi connectivity index (χ3n) is 4.78. The molecule has 2 atom stereocenters. The molecule has 1 aromatic heterocycles. The van der Waals surface area contributed by atoms with Gasteiger partial charge in [0.2, 0.25) is 5.91 Å². The lowest BCUT2D eigenvalue weighted by Crippen LogP contribution is -2.50. The van der Waals surface area contributed by atoms with Crippen LogP contribution in [0.5, 0.6) is 0 Å². The summed E-state index contributed by atoms with van der Waals surface area (Å²) in [6.07, 6.45) is 3.63. The summed E-state index contributed by atoms with van der Waals surface area (Å²) < 4.78 is 5.72. The van der Waals surface area contributed by atoms with Crippen LogP contribution >= 0.6 is 11.6 Å². The summed E-state index contributed by atoms with van der Waals surface area (Å²) in [5.41, 5.74) is -0.159. The molecule has 3 rings (SSSR count). The molecule has 2 aliphatic rings. The highest BCUT2D eigenvalue weighted by Crippen LogP contribution is 2.26. The van der Waals surface area contributed by atoms with Crippen molar-refractivity contribution in [2.45, 2.75) is 51.2 Å². The van der Waals surface area contributed by atoms with Crippen molar-refractivity contribution in [3.05, 3.63) is 17.3 Å². The van der Waals surface area contributed by atoms with Gasteiger partial charge in [0.15, 0.2) is 11.0 Å². The van der Waals surface area contributed by atoms with Gasteiger partial charge in [-0.25, -0.2) is 0 Å². The highest BCUT2D eigenvalue weighted by atomic mass is 35.5. The lowest BCUT2D eigenvalue weighted by Gasteiger charge is -2.37. The topological polar surface area (TPSA) is 67.4 Å². The normalized spacial score (nSPS) is 26.9. The van der Waals surface area contributed by atoms with Crippen molar-refractivity contribution in [1.29, 1.82) is 0 Å². The van der Waals surface area contributed by atoms with E-state index in [1.807, 2.05) is 6.07 Å². The van der Waals surface area contributed by atoms with Crippen LogP contribution in [0, 0.1) is 5.92 Å². The molecule has 2 fully saturated rings. The highest BCUT2D eigenvalue weighted by molar-refractivity contribution is 6.29. The Labute approximate surface area is 147 Å². The zero-order valence-corrected chi connectivity index (χ0v) is 15.1. The average molecular weight is 353 g/mol. The number of carbonyl (C=O) groups is 1. The van der Waals surface area contributed by atoms with E-state index in [0.717, 1.165) is 38.0 Å². The van der Waals surface area contributed by atoms with Gasteiger partial charge >= 0.3 is 0 Å². The standard InChI is InChI=1S/C17H25ClN4O2/c1-17(2)10-13(7-9-24-17)19-16(23)12-4-3-8-22(11-12)15-6-5-14(18)20-21-15/h5-6,12-13H,3-4,7-11H2,1-2H3,(H,19,23)/t12-,13+/m1/s1. The summed E-state index contributed by atoms with van der Waals surface area (Å²) in [7, 11) is 0. The van der Waals surface area contributed by atoms with Crippen molar-refractivity contribution >= 4 is 23.3 Å². The zero-order valence-electron chi connectivity index (χ0n) is 14.3. The van der Waals surface area contributed by atoms with Gasteiger partial charge in [-0.15, -0.1) is 10.2 Å². The van der Waals surface area contributed by atoms with Crippen LogP contribution in [-0.2, 0) is 9.53 Å². The number of piperidine rings is 1. The monoisotopic (exact) mass is 352 g/mol. The Bertz CT molecular complexity index is 578. The van der Waals surface area contributed by atoms with Crippen LogP contribution in [0.25, 0.3) is 0 Å². The molecule has 1 amide bonds. The number of hydrogen-bond acceptors (Lipinski definition) is 5. The Morgan fingerprint density at radius 1 is 1.38 bits per heavy atom. The molecule has 2 aliphatic heterocycles. The molecular formula is C17H25ClN4O2. The predicted octanol–water partition coefficient (Wildman–Crippen LogP) is 2.42. The molecule has 24 heavy (non-hydrogen) atoms.